The van der Waals surface area contributed by atoms with Gasteiger partial charge in [-0.15, -0.1) is 0 Å². The van der Waals surface area contributed by atoms with Gasteiger partial charge in [0.15, 0.2) is 11.5 Å². The number of hydrogen-bond acceptors (Lipinski definition) is 7. The van der Waals surface area contributed by atoms with Crippen LogP contribution in [0.4, 0.5) is 4.79 Å². The van der Waals surface area contributed by atoms with Crippen LogP contribution >= 0.6 is 0 Å². The number of amides is 3. The van der Waals surface area contributed by atoms with E-state index in [-0.39, 0.29) is 22.9 Å². The van der Waals surface area contributed by atoms with Gasteiger partial charge in [0.05, 0.1) is 13.3 Å². The molecule has 1 fully saturated rings. The van der Waals surface area contributed by atoms with Gasteiger partial charge in [0, 0.05) is 0 Å². The first-order chi connectivity index (χ1) is 13.7. The molecule has 1 aliphatic heterocycles. The van der Waals surface area contributed by atoms with Crippen molar-refractivity contribution in [2.75, 3.05) is 13.7 Å². The van der Waals surface area contributed by atoms with E-state index in [9.17, 15) is 18.0 Å². The van der Waals surface area contributed by atoms with Gasteiger partial charge in [-0.3, -0.25) is 10.1 Å². The number of carbonyl (C=O) groups is 2. The highest BCUT2D eigenvalue weighted by atomic mass is 32.2. The Balaban J connectivity index is 1.84. The molecule has 0 aromatic heterocycles. The second kappa shape index (κ2) is 7.92. The van der Waals surface area contributed by atoms with E-state index in [1.807, 2.05) is 6.07 Å². The quantitative estimate of drug-likeness (QED) is 0.437. The highest BCUT2D eigenvalue weighted by molar-refractivity contribution is 7.87. The summed E-state index contributed by atoms with van der Waals surface area (Å²) in [7, 11) is -2.69. The number of carbonyl (C=O) groups excluding carboxylic acids is 2. The number of nitrogens with zero attached hydrogens (tertiary/aromatic N) is 2. The van der Waals surface area contributed by atoms with Crippen molar-refractivity contribution < 1.29 is 26.9 Å². The topological polar surface area (TPSA) is 114 Å². The number of methoxy groups -OCH3 is 1. The number of benzene rings is 2. The first kappa shape index (κ1) is 20.3. The molecule has 0 bridgehead atoms. The number of urea groups is 1. The third-order valence-electron chi connectivity index (χ3n) is 4.12. The lowest BCUT2D eigenvalue weighted by molar-refractivity contribution is -0.118. The largest absolute Gasteiger partial charge is 0.493 e. The minimum absolute atomic E-state index is 0.0136. The Morgan fingerprint density at radius 1 is 1.10 bits per heavy atom. The monoisotopic (exact) mass is 417 g/mol. The maximum absolute atomic E-state index is 12.7. The zero-order valence-electron chi connectivity index (χ0n) is 16.0. The Labute approximate surface area is 168 Å². The van der Waals surface area contributed by atoms with Gasteiger partial charge in [0.25, 0.3) is 0 Å². The van der Waals surface area contributed by atoms with Crippen molar-refractivity contribution in [3.63, 3.8) is 0 Å². The van der Waals surface area contributed by atoms with Crippen molar-refractivity contribution in [2.45, 2.75) is 18.7 Å². The van der Waals surface area contributed by atoms with E-state index in [0.29, 0.717) is 11.1 Å². The molecule has 0 atom stereocenters. The molecule has 3 amide bonds. The van der Waals surface area contributed by atoms with E-state index in [4.69, 9.17) is 8.92 Å². The summed E-state index contributed by atoms with van der Waals surface area (Å²) < 4.78 is 35.9. The molecule has 3 rings (SSSR count). The molecule has 0 radical (unpaired) electrons. The molecule has 9 nitrogen and oxygen atoms in total. The lowest BCUT2D eigenvalue weighted by Gasteiger charge is -2.13. The summed E-state index contributed by atoms with van der Waals surface area (Å²) in [5.41, 5.74) is 1.88. The van der Waals surface area contributed by atoms with Crippen LogP contribution in [0.25, 0.3) is 0 Å². The number of aryl methyl sites for hydroxylation is 2. The molecular weight excluding hydrogens is 398 g/mol. The predicted molar refractivity (Wildman–Crippen MR) is 105 cm³/mol. The third kappa shape index (κ3) is 4.54. The summed E-state index contributed by atoms with van der Waals surface area (Å²) in [6, 6.07) is 8.94. The van der Waals surface area contributed by atoms with Crippen molar-refractivity contribution in [1.29, 1.82) is 0 Å². The standard InChI is InChI=1S/C19H19N3O6S/c1-12-4-5-13(2)17(8-12)29(25,26)28-15-7-6-14(9-16(15)27-3)10-20-22-11-18(23)21-19(22)24/h4-10H,11H2,1-3H3,(H,21,23,24)/b20-10-. The molecule has 0 saturated carbocycles. The van der Waals surface area contributed by atoms with E-state index >= 15 is 0 Å². The van der Waals surface area contributed by atoms with Gasteiger partial charge < -0.3 is 8.92 Å². The average Bonchev–Trinajstić information content (AvgIpc) is 2.99. The Morgan fingerprint density at radius 2 is 1.86 bits per heavy atom. The summed E-state index contributed by atoms with van der Waals surface area (Å²) in [6.07, 6.45) is 1.35. The van der Waals surface area contributed by atoms with E-state index < -0.39 is 22.1 Å². The highest BCUT2D eigenvalue weighted by Crippen LogP contribution is 2.31. The Kier molecular flexibility index (Phi) is 5.55. The van der Waals surface area contributed by atoms with Crippen molar-refractivity contribution in [2.24, 2.45) is 5.10 Å². The molecule has 1 heterocycles. The van der Waals surface area contributed by atoms with Gasteiger partial charge in [-0.2, -0.15) is 13.5 Å². The second-order valence-corrected chi connectivity index (χ2v) is 7.89. The van der Waals surface area contributed by atoms with Crippen LogP contribution in [-0.2, 0) is 14.9 Å². The first-order valence-corrected chi connectivity index (χ1v) is 9.95. The van der Waals surface area contributed by atoms with Crippen molar-refractivity contribution in [3.05, 3.63) is 53.1 Å². The number of nitrogens with one attached hydrogen (secondary N) is 1. The Hall–Kier alpha value is -3.40. The average molecular weight is 417 g/mol. The van der Waals surface area contributed by atoms with E-state index in [2.05, 4.69) is 10.4 Å². The van der Waals surface area contributed by atoms with Gasteiger partial charge in [0.1, 0.15) is 11.4 Å². The smallest absolute Gasteiger partial charge is 0.344 e. The zero-order chi connectivity index (χ0) is 21.2. The maximum atomic E-state index is 12.7. The minimum atomic E-state index is -4.06. The van der Waals surface area contributed by atoms with Gasteiger partial charge in [-0.05, 0) is 54.8 Å². The van der Waals surface area contributed by atoms with E-state index in [0.717, 1.165) is 10.6 Å². The molecule has 10 heteroatoms. The molecule has 0 unspecified atom stereocenters. The molecule has 29 heavy (non-hydrogen) atoms. The van der Waals surface area contributed by atoms with Gasteiger partial charge in [0.2, 0.25) is 5.91 Å². The molecule has 1 N–H and O–H groups in total. The fraction of sp³-hybridized carbons (Fsp3) is 0.211. The second-order valence-electron chi connectivity index (χ2n) is 6.37. The number of rotatable bonds is 6. The van der Waals surface area contributed by atoms with Crippen LogP contribution in [0.2, 0.25) is 0 Å². The predicted octanol–water partition coefficient (Wildman–Crippen LogP) is 1.97. The fourth-order valence-electron chi connectivity index (χ4n) is 2.63. The van der Waals surface area contributed by atoms with E-state index in [1.165, 1.54) is 25.5 Å². The maximum Gasteiger partial charge on any atom is 0.344 e. The fourth-order valence-corrected chi connectivity index (χ4v) is 3.89. The number of hydrogen-bond donors (Lipinski definition) is 1. The lowest BCUT2D eigenvalue weighted by Crippen LogP contribution is -2.24. The normalized spacial score (nSPS) is 14.4. The third-order valence-corrected chi connectivity index (χ3v) is 5.50. The summed E-state index contributed by atoms with van der Waals surface area (Å²) in [6.45, 7) is 3.31. The van der Waals surface area contributed by atoms with E-state index in [1.54, 1.807) is 32.0 Å². The van der Waals surface area contributed by atoms with Crippen LogP contribution in [0, 0.1) is 13.8 Å². The molecule has 1 aliphatic rings. The highest BCUT2D eigenvalue weighted by Gasteiger charge is 2.26. The molecular formula is C19H19N3O6S. The van der Waals surface area contributed by atoms with Gasteiger partial charge in [-0.1, -0.05) is 12.1 Å². The summed E-state index contributed by atoms with van der Waals surface area (Å²) >= 11 is 0. The van der Waals surface area contributed by atoms with Crippen molar-refractivity contribution >= 4 is 28.3 Å². The van der Waals surface area contributed by atoms with Gasteiger partial charge in [-0.25, -0.2) is 9.80 Å². The van der Waals surface area contributed by atoms with Crippen LogP contribution in [0.3, 0.4) is 0 Å². The zero-order valence-corrected chi connectivity index (χ0v) is 16.8. The molecule has 1 saturated heterocycles. The Bertz CT molecular complexity index is 1110. The van der Waals surface area contributed by atoms with Crippen LogP contribution < -0.4 is 14.2 Å². The molecule has 152 valence electrons. The van der Waals surface area contributed by atoms with Crippen molar-refractivity contribution in [3.8, 4) is 11.5 Å². The van der Waals surface area contributed by atoms with Gasteiger partial charge >= 0.3 is 16.1 Å². The number of imide groups is 1. The first-order valence-electron chi connectivity index (χ1n) is 8.55. The SMILES string of the molecule is COc1cc(/C=N\N2CC(=O)NC2=O)ccc1OS(=O)(=O)c1cc(C)ccc1C. The van der Waals surface area contributed by atoms with Crippen LogP contribution in [0.15, 0.2) is 46.4 Å². The summed E-state index contributed by atoms with van der Waals surface area (Å²) in [4.78, 5) is 22.7. The van der Waals surface area contributed by atoms with Crippen LogP contribution in [0.5, 0.6) is 11.5 Å². The molecule has 2 aromatic carbocycles. The molecule has 0 spiro atoms. The van der Waals surface area contributed by atoms with Crippen LogP contribution in [0.1, 0.15) is 16.7 Å². The summed E-state index contributed by atoms with van der Waals surface area (Å²) in [5, 5.41) is 7.02. The van der Waals surface area contributed by atoms with Crippen molar-refractivity contribution in [1.82, 2.24) is 10.3 Å². The summed E-state index contributed by atoms with van der Waals surface area (Å²) in [5.74, 6) is -0.255. The molecule has 0 aliphatic carbocycles. The molecule has 2 aromatic rings. The van der Waals surface area contributed by atoms with Crippen LogP contribution in [-0.4, -0.2) is 45.2 Å². The lowest BCUT2D eigenvalue weighted by atomic mass is 10.2. The Morgan fingerprint density at radius 3 is 2.52 bits per heavy atom. The minimum Gasteiger partial charge on any atom is -0.493 e. The number of ether oxygens (including phenoxy) is 1. The number of hydrazone groups is 1.